The highest BCUT2D eigenvalue weighted by Crippen LogP contribution is 2.29. The minimum atomic E-state index is -0.0949. The Morgan fingerprint density at radius 2 is 1.45 bits per heavy atom. The summed E-state index contributed by atoms with van der Waals surface area (Å²) < 4.78 is 0. The molecule has 0 aromatic heterocycles. The molecule has 0 aliphatic carbocycles. The number of para-hydroxylation sites is 1. The molecule has 1 saturated heterocycles. The van der Waals surface area contributed by atoms with Crippen molar-refractivity contribution in [1.29, 1.82) is 0 Å². The SMILES string of the molecule is O=C(CN1CCN(Cc2cccc3ccccc23)CC1)Nc1c(Cl)cccc1Cl. The number of amides is 1. The van der Waals surface area contributed by atoms with Gasteiger partial charge in [0.1, 0.15) is 0 Å². The van der Waals surface area contributed by atoms with E-state index in [4.69, 9.17) is 23.2 Å². The van der Waals surface area contributed by atoms with Crippen molar-refractivity contribution in [2.45, 2.75) is 6.54 Å². The van der Waals surface area contributed by atoms with Crippen LogP contribution in [0.1, 0.15) is 5.56 Å². The van der Waals surface area contributed by atoms with E-state index in [1.165, 1.54) is 16.3 Å². The fraction of sp³-hybridized carbons (Fsp3) is 0.261. The molecule has 4 nitrogen and oxygen atoms in total. The number of nitrogens with zero attached hydrogens (tertiary/aromatic N) is 2. The van der Waals surface area contributed by atoms with E-state index in [1.807, 2.05) is 0 Å². The van der Waals surface area contributed by atoms with Crippen LogP contribution < -0.4 is 5.32 Å². The van der Waals surface area contributed by atoms with Gasteiger partial charge in [0.25, 0.3) is 0 Å². The summed E-state index contributed by atoms with van der Waals surface area (Å²) in [7, 11) is 0. The molecule has 1 N–H and O–H groups in total. The Morgan fingerprint density at radius 3 is 2.21 bits per heavy atom. The second-order valence-electron chi connectivity index (χ2n) is 7.34. The van der Waals surface area contributed by atoms with E-state index in [0.29, 0.717) is 22.3 Å². The molecule has 0 atom stereocenters. The average Bonchev–Trinajstić information content (AvgIpc) is 2.73. The zero-order valence-corrected chi connectivity index (χ0v) is 17.6. The molecule has 0 unspecified atom stereocenters. The monoisotopic (exact) mass is 427 g/mol. The third-order valence-corrected chi connectivity index (χ3v) is 5.96. The second kappa shape index (κ2) is 9.14. The summed E-state index contributed by atoms with van der Waals surface area (Å²) >= 11 is 12.3. The Balaban J connectivity index is 1.31. The maximum atomic E-state index is 12.4. The molecule has 150 valence electrons. The van der Waals surface area contributed by atoms with Gasteiger partial charge in [0.15, 0.2) is 0 Å². The Bertz CT molecular complexity index is 990. The summed E-state index contributed by atoms with van der Waals surface area (Å²) in [6.45, 7) is 4.84. The molecule has 0 saturated carbocycles. The van der Waals surface area contributed by atoms with Gasteiger partial charge in [-0.2, -0.15) is 0 Å². The number of nitrogens with one attached hydrogen (secondary N) is 1. The summed E-state index contributed by atoms with van der Waals surface area (Å²) in [4.78, 5) is 17.0. The van der Waals surface area contributed by atoms with Gasteiger partial charge in [0, 0.05) is 32.7 Å². The second-order valence-corrected chi connectivity index (χ2v) is 8.15. The fourth-order valence-electron chi connectivity index (χ4n) is 3.78. The van der Waals surface area contributed by atoms with Crippen LogP contribution in [0.3, 0.4) is 0 Å². The number of carbonyl (C=O) groups excluding carboxylic acids is 1. The zero-order chi connectivity index (χ0) is 20.2. The molecule has 1 aliphatic rings. The third kappa shape index (κ3) is 4.90. The fourth-order valence-corrected chi connectivity index (χ4v) is 4.27. The summed E-state index contributed by atoms with van der Waals surface area (Å²) in [6.07, 6.45) is 0. The average molecular weight is 428 g/mol. The normalized spacial score (nSPS) is 15.5. The summed E-state index contributed by atoms with van der Waals surface area (Å²) in [5.41, 5.74) is 1.83. The molecule has 3 aromatic carbocycles. The van der Waals surface area contributed by atoms with E-state index < -0.39 is 0 Å². The minimum absolute atomic E-state index is 0.0949. The van der Waals surface area contributed by atoms with E-state index in [9.17, 15) is 4.79 Å². The summed E-state index contributed by atoms with van der Waals surface area (Å²) in [6, 6.07) is 20.2. The topological polar surface area (TPSA) is 35.6 Å². The van der Waals surface area contributed by atoms with Gasteiger partial charge < -0.3 is 5.32 Å². The maximum Gasteiger partial charge on any atom is 0.238 e. The predicted molar refractivity (Wildman–Crippen MR) is 121 cm³/mol. The van der Waals surface area contributed by atoms with Crippen LogP contribution in [0.25, 0.3) is 10.8 Å². The molecule has 0 bridgehead atoms. The van der Waals surface area contributed by atoms with Gasteiger partial charge in [-0.1, -0.05) is 71.7 Å². The zero-order valence-electron chi connectivity index (χ0n) is 16.1. The number of halogens is 2. The van der Waals surface area contributed by atoms with Crippen LogP contribution in [0.4, 0.5) is 5.69 Å². The summed E-state index contributed by atoms with van der Waals surface area (Å²) in [5.74, 6) is -0.0949. The first-order chi connectivity index (χ1) is 14.1. The van der Waals surface area contributed by atoms with Crippen LogP contribution in [-0.4, -0.2) is 48.4 Å². The quantitative estimate of drug-likeness (QED) is 0.628. The first-order valence-electron chi connectivity index (χ1n) is 9.75. The van der Waals surface area contributed by atoms with Crippen LogP contribution in [-0.2, 0) is 11.3 Å². The molecule has 6 heteroatoms. The molecule has 3 aromatic rings. The molecule has 1 fully saturated rings. The Morgan fingerprint density at radius 1 is 0.828 bits per heavy atom. The largest absolute Gasteiger partial charge is 0.322 e. The van der Waals surface area contributed by atoms with Crippen LogP contribution >= 0.6 is 23.2 Å². The van der Waals surface area contributed by atoms with E-state index in [0.717, 1.165) is 32.7 Å². The first-order valence-corrected chi connectivity index (χ1v) is 10.5. The molecule has 0 spiro atoms. The van der Waals surface area contributed by atoms with Crippen molar-refractivity contribution in [3.05, 3.63) is 76.3 Å². The van der Waals surface area contributed by atoms with Gasteiger partial charge in [0.2, 0.25) is 5.91 Å². The lowest BCUT2D eigenvalue weighted by molar-refractivity contribution is -0.117. The lowest BCUT2D eigenvalue weighted by atomic mass is 10.0. The van der Waals surface area contributed by atoms with Crippen molar-refractivity contribution in [1.82, 2.24) is 9.80 Å². The number of piperazine rings is 1. The molecule has 0 radical (unpaired) electrons. The Labute approximate surface area is 181 Å². The van der Waals surface area contributed by atoms with Gasteiger partial charge in [-0.05, 0) is 28.5 Å². The minimum Gasteiger partial charge on any atom is -0.322 e. The van der Waals surface area contributed by atoms with Crippen LogP contribution in [0, 0.1) is 0 Å². The summed E-state index contributed by atoms with van der Waals surface area (Å²) in [5, 5.41) is 6.33. The first kappa shape index (κ1) is 20.2. The van der Waals surface area contributed by atoms with Crippen molar-refractivity contribution >= 4 is 45.6 Å². The lowest BCUT2D eigenvalue weighted by Crippen LogP contribution is -2.48. The van der Waals surface area contributed by atoms with Gasteiger partial charge >= 0.3 is 0 Å². The highest BCUT2D eigenvalue weighted by molar-refractivity contribution is 6.39. The highest BCUT2D eigenvalue weighted by atomic mass is 35.5. The van der Waals surface area contributed by atoms with E-state index in [1.54, 1.807) is 18.2 Å². The standard InChI is InChI=1S/C23H23Cl2N3O/c24-20-9-4-10-21(25)23(20)26-22(29)16-28-13-11-27(12-14-28)15-18-7-3-6-17-5-1-2-8-19(17)18/h1-10H,11-16H2,(H,26,29). The number of carbonyl (C=O) groups is 1. The van der Waals surface area contributed by atoms with Crippen molar-refractivity contribution in [2.75, 3.05) is 38.0 Å². The van der Waals surface area contributed by atoms with Gasteiger partial charge in [0.05, 0.1) is 22.3 Å². The number of fused-ring (bicyclic) bond motifs is 1. The van der Waals surface area contributed by atoms with Gasteiger partial charge in [-0.25, -0.2) is 0 Å². The molecule has 1 heterocycles. The van der Waals surface area contributed by atoms with Crippen molar-refractivity contribution in [2.24, 2.45) is 0 Å². The van der Waals surface area contributed by atoms with Gasteiger partial charge in [-0.15, -0.1) is 0 Å². The number of hydrogen-bond donors (Lipinski definition) is 1. The third-order valence-electron chi connectivity index (χ3n) is 5.33. The van der Waals surface area contributed by atoms with Crippen molar-refractivity contribution in [3.63, 3.8) is 0 Å². The lowest BCUT2D eigenvalue weighted by Gasteiger charge is -2.34. The van der Waals surface area contributed by atoms with Crippen LogP contribution in [0.15, 0.2) is 60.7 Å². The van der Waals surface area contributed by atoms with Gasteiger partial charge in [-0.3, -0.25) is 14.6 Å². The van der Waals surface area contributed by atoms with Crippen LogP contribution in [0.5, 0.6) is 0 Å². The molecule has 1 amide bonds. The molecular weight excluding hydrogens is 405 g/mol. The predicted octanol–water partition coefficient (Wildman–Crippen LogP) is 4.90. The van der Waals surface area contributed by atoms with E-state index in [-0.39, 0.29) is 5.91 Å². The number of hydrogen-bond acceptors (Lipinski definition) is 3. The van der Waals surface area contributed by atoms with Crippen molar-refractivity contribution < 1.29 is 4.79 Å². The van der Waals surface area contributed by atoms with E-state index >= 15 is 0 Å². The van der Waals surface area contributed by atoms with Crippen molar-refractivity contribution in [3.8, 4) is 0 Å². The maximum absolute atomic E-state index is 12.4. The molecule has 1 aliphatic heterocycles. The highest BCUT2D eigenvalue weighted by Gasteiger charge is 2.20. The molecular formula is C23H23Cl2N3O. The Hall–Kier alpha value is -2.11. The molecule has 29 heavy (non-hydrogen) atoms. The Kier molecular flexibility index (Phi) is 6.36. The van der Waals surface area contributed by atoms with Crippen LogP contribution in [0.2, 0.25) is 10.0 Å². The van der Waals surface area contributed by atoms with E-state index in [2.05, 4.69) is 57.6 Å². The smallest absolute Gasteiger partial charge is 0.238 e. The molecule has 4 rings (SSSR count). The number of rotatable bonds is 5. The number of benzene rings is 3. The number of anilines is 1.